The molecule has 0 radical (unpaired) electrons. The van der Waals surface area contributed by atoms with Crippen molar-refractivity contribution in [1.82, 2.24) is 9.13 Å². The molecular weight excluding hydrogens is 276 g/mol. The van der Waals surface area contributed by atoms with Gasteiger partial charge in [-0.15, -0.1) is 11.3 Å². The molecule has 2 aromatic heterocycles. The van der Waals surface area contributed by atoms with Crippen molar-refractivity contribution < 1.29 is 0 Å². The van der Waals surface area contributed by atoms with Crippen LogP contribution in [0.4, 0.5) is 5.82 Å². The van der Waals surface area contributed by atoms with E-state index in [4.69, 9.17) is 5.26 Å². The molecule has 7 heteroatoms. The van der Waals surface area contributed by atoms with E-state index in [1.54, 1.807) is 11.3 Å². The van der Waals surface area contributed by atoms with E-state index < -0.39 is 11.2 Å². The monoisotopic (exact) mass is 290 g/mol. The van der Waals surface area contributed by atoms with Crippen molar-refractivity contribution in [1.29, 1.82) is 5.26 Å². The predicted molar refractivity (Wildman–Crippen MR) is 78.0 cm³/mol. The summed E-state index contributed by atoms with van der Waals surface area (Å²) in [6.45, 7) is 2.46. The van der Waals surface area contributed by atoms with Gasteiger partial charge in [0.2, 0.25) is 0 Å². The standard InChI is InChI=1S/C13H14N4O2S/c1-8-4-5-20-10(8)7-15-11-9(6-14)12(18)17(3)13(19)16(11)2/h4-5,15H,7H2,1-3H3. The number of nitrogens with zero attached hydrogens (tertiary/aromatic N) is 3. The van der Waals surface area contributed by atoms with E-state index in [9.17, 15) is 9.59 Å². The number of aryl methyl sites for hydroxylation is 1. The molecule has 2 aromatic rings. The van der Waals surface area contributed by atoms with Gasteiger partial charge in [-0.05, 0) is 23.9 Å². The van der Waals surface area contributed by atoms with Crippen LogP contribution in [0, 0.1) is 18.3 Å². The van der Waals surface area contributed by atoms with Crippen molar-refractivity contribution in [3.8, 4) is 6.07 Å². The Balaban J connectivity index is 2.47. The van der Waals surface area contributed by atoms with Crippen LogP contribution in [-0.4, -0.2) is 9.13 Å². The van der Waals surface area contributed by atoms with Crippen LogP contribution in [-0.2, 0) is 20.6 Å². The van der Waals surface area contributed by atoms with E-state index in [0.717, 1.165) is 15.0 Å². The Hall–Kier alpha value is -2.33. The van der Waals surface area contributed by atoms with E-state index in [-0.39, 0.29) is 11.4 Å². The molecule has 1 N–H and O–H groups in total. The third-order valence-electron chi connectivity index (χ3n) is 3.16. The zero-order valence-corrected chi connectivity index (χ0v) is 12.2. The number of nitrogens with one attached hydrogen (secondary N) is 1. The van der Waals surface area contributed by atoms with Crippen LogP contribution in [0.3, 0.4) is 0 Å². The second-order valence-electron chi connectivity index (χ2n) is 4.42. The molecule has 0 unspecified atom stereocenters. The number of nitriles is 1. The summed E-state index contributed by atoms with van der Waals surface area (Å²) >= 11 is 1.58. The number of anilines is 1. The van der Waals surface area contributed by atoms with Gasteiger partial charge in [0.05, 0.1) is 6.54 Å². The maximum absolute atomic E-state index is 11.9. The van der Waals surface area contributed by atoms with Crippen molar-refractivity contribution >= 4 is 17.2 Å². The van der Waals surface area contributed by atoms with Crippen LogP contribution < -0.4 is 16.6 Å². The fourth-order valence-electron chi connectivity index (χ4n) is 1.90. The highest BCUT2D eigenvalue weighted by molar-refractivity contribution is 7.10. The van der Waals surface area contributed by atoms with Crippen molar-refractivity contribution in [3.05, 3.63) is 48.3 Å². The molecule has 0 bridgehead atoms. The molecule has 0 aliphatic heterocycles. The van der Waals surface area contributed by atoms with Crippen LogP contribution >= 0.6 is 11.3 Å². The second-order valence-corrected chi connectivity index (χ2v) is 5.42. The quantitative estimate of drug-likeness (QED) is 0.912. The summed E-state index contributed by atoms with van der Waals surface area (Å²) in [5.41, 5.74) is 0.0408. The molecule has 0 fully saturated rings. The first-order valence-electron chi connectivity index (χ1n) is 5.94. The first-order valence-corrected chi connectivity index (χ1v) is 6.82. The van der Waals surface area contributed by atoms with Crippen molar-refractivity contribution in [2.45, 2.75) is 13.5 Å². The minimum Gasteiger partial charge on any atom is -0.365 e. The van der Waals surface area contributed by atoms with Gasteiger partial charge in [-0.2, -0.15) is 5.26 Å². The van der Waals surface area contributed by atoms with Gasteiger partial charge in [0.15, 0.2) is 5.56 Å². The summed E-state index contributed by atoms with van der Waals surface area (Å²) in [5, 5.41) is 14.1. The molecule has 0 aliphatic rings. The highest BCUT2D eigenvalue weighted by atomic mass is 32.1. The van der Waals surface area contributed by atoms with Gasteiger partial charge in [0.25, 0.3) is 5.56 Å². The smallest absolute Gasteiger partial charge is 0.332 e. The van der Waals surface area contributed by atoms with Gasteiger partial charge in [0, 0.05) is 19.0 Å². The molecule has 0 atom stereocenters. The number of hydrogen-bond donors (Lipinski definition) is 1. The number of thiophene rings is 1. The molecular formula is C13H14N4O2S. The first kappa shape index (κ1) is 14.1. The lowest BCUT2D eigenvalue weighted by molar-refractivity contribution is 0.685. The third kappa shape index (κ3) is 2.26. The van der Waals surface area contributed by atoms with E-state index >= 15 is 0 Å². The predicted octanol–water partition coefficient (Wildman–Crippen LogP) is 0.938. The van der Waals surface area contributed by atoms with Crippen LogP contribution in [0.25, 0.3) is 0 Å². The SMILES string of the molecule is Cc1ccsc1CNc1c(C#N)c(=O)n(C)c(=O)n1C. The van der Waals surface area contributed by atoms with E-state index in [1.165, 1.54) is 18.7 Å². The summed E-state index contributed by atoms with van der Waals surface area (Å²) in [7, 11) is 2.89. The van der Waals surface area contributed by atoms with Gasteiger partial charge in [0.1, 0.15) is 11.9 Å². The molecule has 0 aliphatic carbocycles. The summed E-state index contributed by atoms with van der Waals surface area (Å²) in [6.07, 6.45) is 0. The minimum absolute atomic E-state index is 0.0520. The Morgan fingerprint density at radius 1 is 1.35 bits per heavy atom. The molecule has 0 spiro atoms. The second kappa shape index (κ2) is 5.35. The Morgan fingerprint density at radius 3 is 2.60 bits per heavy atom. The molecule has 0 saturated carbocycles. The summed E-state index contributed by atoms with van der Waals surface area (Å²) in [5.74, 6) is 0.258. The molecule has 20 heavy (non-hydrogen) atoms. The zero-order valence-electron chi connectivity index (χ0n) is 11.4. The van der Waals surface area contributed by atoms with Gasteiger partial charge in [-0.3, -0.25) is 13.9 Å². The molecule has 0 saturated heterocycles. The third-order valence-corrected chi connectivity index (χ3v) is 4.18. The molecule has 0 amide bonds. The first-order chi connectivity index (χ1) is 9.47. The van der Waals surface area contributed by atoms with E-state index in [0.29, 0.717) is 6.54 Å². The van der Waals surface area contributed by atoms with Gasteiger partial charge >= 0.3 is 5.69 Å². The topological polar surface area (TPSA) is 79.8 Å². The summed E-state index contributed by atoms with van der Waals surface area (Å²) in [6, 6.07) is 3.86. The Bertz CT molecular complexity index is 807. The Labute approximate surface area is 119 Å². The zero-order chi connectivity index (χ0) is 14.9. The summed E-state index contributed by atoms with van der Waals surface area (Å²) in [4.78, 5) is 24.9. The maximum Gasteiger partial charge on any atom is 0.332 e. The molecule has 2 heterocycles. The molecule has 0 aromatic carbocycles. The fourth-order valence-corrected chi connectivity index (χ4v) is 2.75. The van der Waals surface area contributed by atoms with Gasteiger partial charge < -0.3 is 5.32 Å². The average Bonchev–Trinajstić information content (AvgIpc) is 2.84. The van der Waals surface area contributed by atoms with Crippen LogP contribution in [0.1, 0.15) is 16.0 Å². The van der Waals surface area contributed by atoms with Crippen molar-refractivity contribution in [2.75, 3.05) is 5.32 Å². The van der Waals surface area contributed by atoms with Crippen LogP contribution in [0.2, 0.25) is 0 Å². The molecule has 6 nitrogen and oxygen atoms in total. The fraction of sp³-hybridized carbons (Fsp3) is 0.308. The normalized spacial score (nSPS) is 10.3. The Morgan fingerprint density at radius 2 is 2.05 bits per heavy atom. The molecule has 104 valence electrons. The van der Waals surface area contributed by atoms with E-state index in [1.807, 2.05) is 24.4 Å². The lowest BCUT2D eigenvalue weighted by atomic mass is 10.2. The molecule has 2 rings (SSSR count). The lowest BCUT2D eigenvalue weighted by Gasteiger charge is -2.13. The minimum atomic E-state index is -0.582. The highest BCUT2D eigenvalue weighted by Gasteiger charge is 2.15. The van der Waals surface area contributed by atoms with Crippen molar-refractivity contribution in [2.24, 2.45) is 14.1 Å². The van der Waals surface area contributed by atoms with Gasteiger partial charge in [-0.25, -0.2) is 4.79 Å². The van der Waals surface area contributed by atoms with Crippen LogP contribution in [0.15, 0.2) is 21.0 Å². The average molecular weight is 290 g/mol. The number of rotatable bonds is 3. The van der Waals surface area contributed by atoms with Gasteiger partial charge in [-0.1, -0.05) is 0 Å². The Kier molecular flexibility index (Phi) is 3.77. The maximum atomic E-state index is 11.9. The lowest BCUT2D eigenvalue weighted by Crippen LogP contribution is -2.39. The number of aromatic nitrogens is 2. The highest BCUT2D eigenvalue weighted by Crippen LogP contribution is 2.17. The van der Waals surface area contributed by atoms with Crippen molar-refractivity contribution in [3.63, 3.8) is 0 Å². The number of hydrogen-bond acceptors (Lipinski definition) is 5. The van der Waals surface area contributed by atoms with Crippen LogP contribution in [0.5, 0.6) is 0 Å². The summed E-state index contributed by atoms with van der Waals surface area (Å²) < 4.78 is 2.21. The van der Waals surface area contributed by atoms with E-state index in [2.05, 4.69) is 5.32 Å². The largest absolute Gasteiger partial charge is 0.365 e.